The molecule has 3 aromatic rings. The van der Waals surface area contributed by atoms with Gasteiger partial charge in [-0.3, -0.25) is 4.79 Å². The van der Waals surface area contributed by atoms with Crippen molar-refractivity contribution in [2.75, 3.05) is 41.5 Å². The Balaban J connectivity index is 1.67. The van der Waals surface area contributed by atoms with Gasteiger partial charge in [0.25, 0.3) is 5.91 Å². The van der Waals surface area contributed by atoms with Gasteiger partial charge in [0.05, 0.1) is 0 Å². The summed E-state index contributed by atoms with van der Waals surface area (Å²) in [6.07, 6.45) is 0. The van der Waals surface area contributed by atoms with E-state index in [2.05, 4.69) is 25.9 Å². The Hall–Kier alpha value is -3.61. The molecule has 1 amide bonds. The number of carbonyl (C=O) groups is 1. The molecule has 0 atom stereocenters. The third kappa shape index (κ3) is 5.44. The fraction of sp³-hybridized carbons (Fsp3) is 0.227. The maximum atomic E-state index is 12.5. The van der Waals surface area contributed by atoms with Crippen LogP contribution >= 0.6 is 0 Å². The maximum Gasteiger partial charge on any atom is 0.255 e. The van der Waals surface area contributed by atoms with Crippen LogP contribution in [-0.4, -0.2) is 36.5 Å². The number of aryl methyl sites for hydroxylation is 1. The number of benzene rings is 2. The highest BCUT2D eigenvalue weighted by Crippen LogP contribution is 2.20. The molecule has 3 rings (SSSR count). The zero-order valence-corrected chi connectivity index (χ0v) is 17.2. The van der Waals surface area contributed by atoms with Crippen LogP contribution in [0.5, 0.6) is 0 Å². The Morgan fingerprint density at radius 1 is 0.966 bits per heavy atom. The van der Waals surface area contributed by atoms with Crippen LogP contribution in [0, 0.1) is 6.92 Å². The Morgan fingerprint density at radius 2 is 1.66 bits per heavy atom. The highest BCUT2D eigenvalue weighted by atomic mass is 16.1. The van der Waals surface area contributed by atoms with Gasteiger partial charge < -0.3 is 20.9 Å². The summed E-state index contributed by atoms with van der Waals surface area (Å²) >= 11 is 0. The van der Waals surface area contributed by atoms with Crippen LogP contribution in [0.3, 0.4) is 0 Å². The van der Waals surface area contributed by atoms with Crippen molar-refractivity contribution in [2.24, 2.45) is 0 Å². The van der Waals surface area contributed by atoms with E-state index < -0.39 is 0 Å². The van der Waals surface area contributed by atoms with Crippen molar-refractivity contribution in [1.82, 2.24) is 9.97 Å². The van der Waals surface area contributed by atoms with E-state index in [1.165, 1.54) is 0 Å². The lowest BCUT2D eigenvalue weighted by molar-refractivity contribution is 0.102. The van der Waals surface area contributed by atoms with E-state index >= 15 is 0 Å². The molecule has 150 valence electrons. The quantitative estimate of drug-likeness (QED) is 0.559. The van der Waals surface area contributed by atoms with E-state index in [1.54, 1.807) is 6.07 Å². The molecule has 29 heavy (non-hydrogen) atoms. The number of anilines is 5. The molecule has 0 saturated carbocycles. The zero-order chi connectivity index (χ0) is 20.8. The summed E-state index contributed by atoms with van der Waals surface area (Å²) < 4.78 is 0. The topological polar surface area (TPSA) is 82.2 Å². The van der Waals surface area contributed by atoms with Crippen LogP contribution in [0.1, 0.15) is 23.1 Å². The van der Waals surface area contributed by atoms with Crippen molar-refractivity contribution < 1.29 is 4.79 Å². The number of aromatic nitrogens is 2. The lowest BCUT2D eigenvalue weighted by Gasteiger charge is -2.14. The predicted octanol–water partition coefficient (Wildman–Crippen LogP) is 4.28. The molecule has 0 saturated heterocycles. The average Bonchev–Trinajstić information content (AvgIpc) is 2.69. The first kappa shape index (κ1) is 20.1. The van der Waals surface area contributed by atoms with Crippen molar-refractivity contribution in [2.45, 2.75) is 13.8 Å². The number of hydrogen-bond donors (Lipinski definition) is 3. The summed E-state index contributed by atoms with van der Waals surface area (Å²) in [6, 6.07) is 16.9. The summed E-state index contributed by atoms with van der Waals surface area (Å²) in [7, 11) is 3.90. The molecule has 3 N–H and O–H groups in total. The first-order chi connectivity index (χ1) is 13.9. The minimum absolute atomic E-state index is 0.142. The van der Waals surface area contributed by atoms with Crippen molar-refractivity contribution in [1.29, 1.82) is 0 Å². The molecule has 0 bridgehead atoms. The minimum atomic E-state index is -0.142. The van der Waals surface area contributed by atoms with E-state index in [1.807, 2.05) is 81.4 Å². The summed E-state index contributed by atoms with van der Waals surface area (Å²) in [5.41, 5.74) is 3.20. The molecule has 7 nitrogen and oxygen atoms in total. The molecule has 0 unspecified atom stereocenters. The van der Waals surface area contributed by atoms with Gasteiger partial charge in [-0.1, -0.05) is 6.07 Å². The van der Waals surface area contributed by atoms with Gasteiger partial charge in [0.2, 0.25) is 0 Å². The molecule has 0 spiro atoms. The number of rotatable bonds is 7. The second kappa shape index (κ2) is 9.05. The maximum absolute atomic E-state index is 12.5. The van der Waals surface area contributed by atoms with Gasteiger partial charge in [0.15, 0.2) is 0 Å². The van der Waals surface area contributed by atoms with E-state index in [0.29, 0.717) is 17.2 Å². The summed E-state index contributed by atoms with van der Waals surface area (Å²) in [6.45, 7) is 4.67. The second-order valence-electron chi connectivity index (χ2n) is 6.82. The minimum Gasteiger partial charge on any atom is -0.378 e. The molecule has 0 radical (unpaired) electrons. The van der Waals surface area contributed by atoms with E-state index in [9.17, 15) is 4.79 Å². The summed E-state index contributed by atoms with van der Waals surface area (Å²) in [5, 5.41) is 9.39. The van der Waals surface area contributed by atoms with Gasteiger partial charge in [0.1, 0.15) is 17.5 Å². The molecule has 0 fully saturated rings. The Bertz CT molecular complexity index is 985. The Kier molecular flexibility index (Phi) is 6.29. The highest BCUT2D eigenvalue weighted by Gasteiger charge is 2.08. The van der Waals surface area contributed by atoms with E-state index in [-0.39, 0.29) is 5.91 Å². The van der Waals surface area contributed by atoms with Crippen LogP contribution in [-0.2, 0) is 0 Å². The smallest absolute Gasteiger partial charge is 0.255 e. The lowest BCUT2D eigenvalue weighted by atomic mass is 10.1. The number of carbonyl (C=O) groups excluding carboxylic acids is 1. The van der Waals surface area contributed by atoms with Gasteiger partial charge >= 0.3 is 0 Å². The number of nitrogens with one attached hydrogen (secondary N) is 3. The van der Waals surface area contributed by atoms with Gasteiger partial charge in [-0.2, -0.15) is 0 Å². The van der Waals surface area contributed by atoms with Crippen molar-refractivity contribution in [3.63, 3.8) is 0 Å². The largest absolute Gasteiger partial charge is 0.378 e. The first-order valence-electron chi connectivity index (χ1n) is 9.50. The molecule has 0 aliphatic carbocycles. The number of amides is 1. The normalized spacial score (nSPS) is 10.3. The van der Waals surface area contributed by atoms with Gasteiger partial charge in [-0.05, 0) is 56.3 Å². The van der Waals surface area contributed by atoms with E-state index in [4.69, 9.17) is 0 Å². The molecule has 1 aromatic heterocycles. The molecule has 0 aliphatic heterocycles. The number of nitrogens with zero attached hydrogens (tertiary/aromatic N) is 3. The van der Waals surface area contributed by atoms with E-state index in [0.717, 1.165) is 29.4 Å². The van der Waals surface area contributed by atoms with Crippen LogP contribution < -0.4 is 20.9 Å². The monoisotopic (exact) mass is 390 g/mol. The Morgan fingerprint density at radius 3 is 2.34 bits per heavy atom. The standard InChI is InChI=1S/C22H26N6O/c1-5-23-20-14-21(25-15(2)24-20)26-17-9-11-18(12-10-17)27-22(29)16-7-6-8-19(13-16)28(3)4/h6-14H,5H2,1-4H3,(H,27,29)(H2,23,24,25,26). The second-order valence-corrected chi connectivity index (χ2v) is 6.82. The van der Waals surface area contributed by atoms with Crippen LogP contribution in [0.4, 0.5) is 28.7 Å². The van der Waals surface area contributed by atoms with Crippen LogP contribution in [0.15, 0.2) is 54.6 Å². The third-order valence-corrected chi connectivity index (χ3v) is 4.24. The van der Waals surface area contributed by atoms with Gasteiger partial charge in [-0.15, -0.1) is 0 Å². The Labute approximate surface area is 171 Å². The third-order valence-electron chi connectivity index (χ3n) is 4.24. The molecule has 0 aliphatic rings. The first-order valence-corrected chi connectivity index (χ1v) is 9.50. The fourth-order valence-corrected chi connectivity index (χ4v) is 2.82. The highest BCUT2D eigenvalue weighted by molar-refractivity contribution is 6.04. The SMILES string of the molecule is CCNc1cc(Nc2ccc(NC(=O)c3cccc(N(C)C)c3)cc2)nc(C)n1. The fourth-order valence-electron chi connectivity index (χ4n) is 2.82. The van der Waals surface area contributed by atoms with Gasteiger partial charge in [0, 0.05) is 49.3 Å². The summed E-state index contributed by atoms with van der Waals surface area (Å²) in [4.78, 5) is 23.3. The molecular formula is C22H26N6O. The van der Waals surface area contributed by atoms with Crippen LogP contribution in [0.2, 0.25) is 0 Å². The van der Waals surface area contributed by atoms with Crippen molar-refractivity contribution in [3.8, 4) is 0 Å². The predicted molar refractivity (Wildman–Crippen MR) is 119 cm³/mol. The van der Waals surface area contributed by atoms with Crippen molar-refractivity contribution in [3.05, 3.63) is 66.0 Å². The number of hydrogen-bond acceptors (Lipinski definition) is 6. The van der Waals surface area contributed by atoms with Crippen LogP contribution in [0.25, 0.3) is 0 Å². The molecular weight excluding hydrogens is 364 g/mol. The molecule has 7 heteroatoms. The zero-order valence-electron chi connectivity index (χ0n) is 17.2. The average molecular weight is 390 g/mol. The lowest BCUT2D eigenvalue weighted by Crippen LogP contribution is -2.14. The van der Waals surface area contributed by atoms with Crippen molar-refractivity contribution >= 4 is 34.6 Å². The molecule has 1 heterocycles. The summed E-state index contributed by atoms with van der Waals surface area (Å²) in [5.74, 6) is 2.04. The van der Waals surface area contributed by atoms with Gasteiger partial charge in [-0.25, -0.2) is 9.97 Å². The molecule has 2 aromatic carbocycles.